The molecule has 0 saturated carbocycles. The van der Waals surface area contributed by atoms with Crippen molar-refractivity contribution in [1.29, 1.82) is 0 Å². The number of hydrogen-bond acceptors (Lipinski definition) is 4. The van der Waals surface area contributed by atoms with Gasteiger partial charge >= 0.3 is 0 Å². The summed E-state index contributed by atoms with van der Waals surface area (Å²) in [4.78, 5) is 4.41. The van der Waals surface area contributed by atoms with Gasteiger partial charge in [-0.25, -0.2) is 4.98 Å². The summed E-state index contributed by atoms with van der Waals surface area (Å²) in [5, 5.41) is 4.64. The maximum Gasteiger partial charge on any atom is 0.140 e. The summed E-state index contributed by atoms with van der Waals surface area (Å²) in [5.74, 6) is 1.29. The van der Waals surface area contributed by atoms with Crippen LogP contribution < -0.4 is 11.1 Å². The summed E-state index contributed by atoms with van der Waals surface area (Å²) in [6.45, 7) is 2.75. The Labute approximate surface area is 133 Å². The van der Waals surface area contributed by atoms with Gasteiger partial charge in [-0.15, -0.1) is 0 Å². The van der Waals surface area contributed by atoms with Gasteiger partial charge in [0.25, 0.3) is 0 Å². The highest BCUT2D eigenvalue weighted by molar-refractivity contribution is 9.10. The molecule has 2 aromatic rings. The second-order valence-electron chi connectivity index (χ2n) is 5.47. The number of nitrogens with zero attached hydrogens (tertiary/aromatic N) is 1. The van der Waals surface area contributed by atoms with Gasteiger partial charge in [0, 0.05) is 25.1 Å². The van der Waals surface area contributed by atoms with Crippen LogP contribution in [0.5, 0.6) is 0 Å². The second kappa shape index (κ2) is 6.62. The Morgan fingerprint density at radius 2 is 2.05 bits per heavy atom. The molecule has 1 aliphatic rings. The van der Waals surface area contributed by atoms with Crippen LogP contribution in [0.2, 0.25) is 0 Å². The van der Waals surface area contributed by atoms with Gasteiger partial charge < -0.3 is 15.8 Å². The number of nitrogens with one attached hydrogen (secondary N) is 1. The summed E-state index contributed by atoms with van der Waals surface area (Å²) < 4.78 is 6.26. The predicted octanol–water partition coefficient (Wildman–Crippen LogP) is 3.81. The maximum absolute atomic E-state index is 5.99. The molecule has 1 aromatic heterocycles. The first kappa shape index (κ1) is 14.6. The highest BCUT2D eigenvalue weighted by Gasteiger charge is 2.15. The Bertz CT molecular complexity index is 626. The van der Waals surface area contributed by atoms with E-state index in [1.807, 2.05) is 18.2 Å². The predicted molar refractivity (Wildman–Crippen MR) is 90.5 cm³/mol. The lowest BCUT2D eigenvalue weighted by Gasteiger charge is -2.22. The number of nitrogens with two attached hydrogens (primary N) is 1. The number of aromatic nitrogens is 1. The van der Waals surface area contributed by atoms with Crippen LogP contribution in [-0.4, -0.2) is 24.7 Å². The molecule has 0 aliphatic carbocycles. The number of para-hydroxylation sites is 1. The summed E-state index contributed by atoms with van der Waals surface area (Å²) in [6.07, 6.45) is 3.50. The van der Waals surface area contributed by atoms with Crippen LogP contribution in [0.3, 0.4) is 0 Å². The number of ether oxygens (including phenoxy) is 1. The lowest BCUT2D eigenvalue weighted by Crippen LogP contribution is -2.18. The van der Waals surface area contributed by atoms with Crippen LogP contribution in [0.1, 0.15) is 19.3 Å². The van der Waals surface area contributed by atoms with E-state index in [4.69, 9.17) is 10.5 Å². The van der Waals surface area contributed by atoms with Crippen molar-refractivity contribution in [1.82, 2.24) is 4.98 Å². The standard InChI is InChI=1S/C16H20BrN3O/c17-14-15(19-8-5-11-6-9-21-10-7-11)12-3-1-2-4-13(12)20-16(14)18/h1-4,11H,5-10H2,(H3,18,19,20). The molecule has 0 radical (unpaired) electrons. The molecule has 2 heterocycles. The van der Waals surface area contributed by atoms with Gasteiger partial charge in [0.1, 0.15) is 5.82 Å². The zero-order valence-corrected chi connectivity index (χ0v) is 13.5. The fourth-order valence-corrected chi connectivity index (χ4v) is 3.26. The summed E-state index contributed by atoms with van der Waals surface area (Å²) in [5.41, 5.74) is 7.96. The van der Waals surface area contributed by atoms with Gasteiger partial charge in [-0.3, -0.25) is 0 Å². The molecule has 21 heavy (non-hydrogen) atoms. The molecule has 1 saturated heterocycles. The molecule has 3 N–H and O–H groups in total. The van der Waals surface area contributed by atoms with Crippen molar-refractivity contribution in [3.05, 3.63) is 28.7 Å². The van der Waals surface area contributed by atoms with E-state index in [9.17, 15) is 0 Å². The average molecular weight is 350 g/mol. The van der Waals surface area contributed by atoms with Crippen LogP contribution >= 0.6 is 15.9 Å². The van der Waals surface area contributed by atoms with E-state index in [1.54, 1.807) is 0 Å². The number of pyridine rings is 1. The van der Waals surface area contributed by atoms with E-state index in [0.29, 0.717) is 5.82 Å². The van der Waals surface area contributed by atoms with Crippen molar-refractivity contribution in [2.24, 2.45) is 5.92 Å². The van der Waals surface area contributed by atoms with E-state index in [1.165, 1.54) is 12.8 Å². The van der Waals surface area contributed by atoms with Crippen LogP contribution in [-0.2, 0) is 4.74 Å². The first-order chi connectivity index (χ1) is 10.3. The minimum Gasteiger partial charge on any atom is -0.383 e. The molecule has 0 amide bonds. The molecular formula is C16H20BrN3O. The van der Waals surface area contributed by atoms with Gasteiger partial charge in [0.2, 0.25) is 0 Å². The van der Waals surface area contributed by atoms with Crippen molar-refractivity contribution >= 4 is 38.3 Å². The number of nitrogen functional groups attached to an aromatic ring is 1. The van der Waals surface area contributed by atoms with Crippen molar-refractivity contribution in [3.8, 4) is 0 Å². The van der Waals surface area contributed by atoms with E-state index in [-0.39, 0.29) is 0 Å². The Kier molecular flexibility index (Phi) is 4.60. The molecule has 0 spiro atoms. The molecule has 5 heteroatoms. The van der Waals surface area contributed by atoms with E-state index < -0.39 is 0 Å². The maximum atomic E-state index is 5.99. The first-order valence-corrected chi connectivity index (χ1v) is 8.20. The summed E-state index contributed by atoms with van der Waals surface area (Å²) in [6, 6.07) is 8.07. The quantitative estimate of drug-likeness (QED) is 0.880. The highest BCUT2D eigenvalue weighted by Crippen LogP contribution is 2.34. The minimum atomic E-state index is 0.530. The second-order valence-corrected chi connectivity index (χ2v) is 6.27. The van der Waals surface area contributed by atoms with E-state index in [0.717, 1.165) is 53.2 Å². The molecule has 1 aromatic carbocycles. The molecule has 112 valence electrons. The molecule has 1 fully saturated rings. The van der Waals surface area contributed by atoms with Gasteiger partial charge in [0.05, 0.1) is 15.7 Å². The largest absolute Gasteiger partial charge is 0.383 e. The molecular weight excluding hydrogens is 330 g/mol. The molecule has 0 unspecified atom stereocenters. The Morgan fingerprint density at radius 3 is 2.86 bits per heavy atom. The van der Waals surface area contributed by atoms with Crippen LogP contribution in [0, 0.1) is 5.92 Å². The van der Waals surface area contributed by atoms with Crippen molar-refractivity contribution in [2.45, 2.75) is 19.3 Å². The summed E-state index contributed by atoms with van der Waals surface area (Å²) in [7, 11) is 0. The zero-order chi connectivity index (χ0) is 14.7. The Morgan fingerprint density at radius 1 is 1.29 bits per heavy atom. The zero-order valence-electron chi connectivity index (χ0n) is 11.9. The average Bonchev–Trinajstić information content (AvgIpc) is 2.52. The molecule has 4 nitrogen and oxygen atoms in total. The van der Waals surface area contributed by atoms with Crippen LogP contribution in [0.25, 0.3) is 10.9 Å². The van der Waals surface area contributed by atoms with Gasteiger partial charge in [-0.2, -0.15) is 0 Å². The van der Waals surface area contributed by atoms with E-state index in [2.05, 4.69) is 32.3 Å². The van der Waals surface area contributed by atoms with Crippen LogP contribution in [0.4, 0.5) is 11.5 Å². The number of anilines is 2. The highest BCUT2D eigenvalue weighted by atomic mass is 79.9. The third-order valence-corrected chi connectivity index (χ3v) is 4.86. The number of hydrogen-bond donors (Lipinski definition) is 2. The first-order valence-electron chi connectivity index (χ1n) is 7.41. The Balaban J connectivity index is 1.74. The normalized spacial score (nSPS) is 16.2. The third-order valence-electron chi connectivity index (χ3n) is 4.05. The molecule has 1 aliphatic heterocycles. The molecule has 0 atom stereocenters. The van der Waals surface area contributed by atoms with Crippen molar-refractivity contribution in [3.63, 3.8) is 0 Å². The van der Waals surface area contributed by atoms with E-state index >= 15 is 0 Å². The minimum absolute atomic E-state index is 0.530. The number of rotatable bonds is 4. The van der Waals surface area contributed by atoms with Gasteiger partial charge in [-0.05, 0) is 47.2 Å². The fraction of sp³-hybridized carbons (Fsp3) is 0.438. The molecule has 0 bridgehead atoms. The lowest BCUT2D eigenvalue weighted by atomic mass is 9.96. The van der Waals surface area contributed by atoms with Crippen molar-refractivity contribution < 1.29 is 4.74 Å². The number of halogens is 1. The number of benzene rings is 1. The van der Waals surface area contributed by atoms with Gasteiger partial charge in [0.15, 0.2) is 0 Å². The topological polar surface area (TPSA) is 60.2 Å². The summed E-state index contributed by atoms with van der Waals surface area (Å²) >= 11 is 3.56. The van der Waals surface area contributed by atoms with Crippen molar-refractivity contribution in [2.75, 3.05) is 30.8 Å². The molecule has 3 rings (SSSR count). The van der Waals surface area contributed by atoms with Crippen LogP contribution in [0.15, 0.2) is 28.7 Å². The third kappa shape index (κ3) is 3.30. The smallest absolute Gasteiger partial charge is 0.140 e. The lowest BCUT2D eigenvalue weighted by molar-refractivity contribution is 0.0649. The fourth-order valence-electron chi connectivity index (χ4n) is 2.82. The monoisotopic (exact) mass is 349 g/mol. The number of fused-ring (bicyclic) bond motifs is 1. The SMILES string of the molecule is Nc1nc2ccccc2c(NCCC2CCOCC2)c1Br. The van der Waals surface area contributed by atoms with Gasteiger partial charge in [-0.1, -0.05) is 18.2 Å². The Hall–Kier alpha value is -1.33.